The van der Waals surface area contributed by atoms with Crippen molar-refractivity contribution in [2.45, 2.75) is 52.1 Å². The maximum absolute atomic E-state index is 12.5. The molecule has 5 nitrogen and oxygen atoms in total. The van der Waals surface area contributed by atoms with Crippen molar-refractivity contribution in [3.05, 3.63) is 11.1 Å². The molecule has 0 spiro atoms. The van der Waals surface area contributed by atoms with Crippen molar-refractivity contribution < 1.29 is 24.2 Å². The number of carbonyl (C=O) groups is 3. The molecule has 3 rings (SSSR count). The van der Waals surface area contributed by atoms with Crippen LogP contribution in [0.15, 0.2) is 11.1 Å². The second-order valence-electron chi connectivity index (χ2n) is 7.49. The molecule has 0 saturated heterocycles. The van der Waals surface area contributed by atoms with Crippen LogP contribution < -0.4 is 0 Å². The molecule has 1 N–H and O–H groups in total. The van der Waals surface area contributed by atoms with E-state index in [1.165, 1.54) is 7.11 Å². The molecule has 0 bridgehead atoms. The molecule has 0 amide bonds. The predicted octanol–water partition coefficient (Wildman–Crippen LogP) is 1.58. The van der Waals surface area contributed by atoms with Crippen LogP contribution in [0.5, 0.6) is 0 Å². The Hall–Kier alpha value is -1.49. The first-order valence-electron chi connectivity index (χ1n) is 7.74. The number of rotatable bonds is 1. The fraction of sp³-hybridized carbons (Fsp3) is 0.706. The summed E-state index contributed by atoms with van der Waals surface area (Å²) >= 11 is 0. The number of ketones is 2. The monoisotopic (exact) mass is 306 g/mol. The highest BCUT2D eigenvalue weighted by atomic mass is 16.5. The standard InChI is InChI=1S/C17H22O5/c1-9-5-6-17(21)13-12(10(18)7-15(9,13)2)11(19)8-16(17,3)14(20)22-4/h9,21H,5-8H2,1-4H3/t9-,15+,16-,17+/m1/s1. The summed E-state index contributed by atoms with van der Waals surface area (Å²) < 4.78 is 4.87. The van der Waals surface area contributed by atoms with E-state index in [1.807, 2.05) is 13.8 Å². The van der Waals surface area contributed by atoms with Crippen molar-refractivity contribution in [3.63, 3.8) is 0 Å². The molecule has 22 heavy (non-hydrogen) atoms. The Morgan fingerprint density at radius 1 is 1.23 bits per heavy atom. The van der Waals surface area contributed by atoms with Crippen molar-refractivity contribution in [2.75, 3.05) is 7.11 Å². The Bertz CT molecular complexity index is 633. The van der Waals surface area contributed by atoms with Gasteiger partial charge in [-0.05, 0) is 31.3 Å². The zero-order valence-corrected chi connectivity index (χ0v) is 13.5. The van der Waals surface area contributed by atoms with Gasteiger partial charge in [-0.15, -0.1) is 0 Å². The molecule has 5 heteroatoms. The Kier molecular flexibility index (Phi) is 3.00. The largest absolute Gasteiger partial charge is 0.468 e. The van der Waals surface area contributed by atoms with Crippen molar-refractivity contribution in [1.29, 1.82) is 0 Å². The lowest BCUT2D eigenvalue weighted by Crippen LogP contribution is -2.61. The van der Waals surface area contributed by atoms with Crippen molar-refractivity contribution in [1.82, 2.24) is 0 Å². The van der Waals surface area contributed by atoms with Gasteiger partial charge in [-0.2, -0.15) is 0 Å². The molecule has 0 aliphatic heterocycles. The Balaban J connectivity index is 2.30. The smallest absolute Gasteiger partial charge is 0.315 e. The summed E-state index contributed by atoms with van der Waals surface area (Å²) in [7, 11) is 1.26. The van der Waals surface area contributed by atoms with Crippen molar-refractivity contribution in [2.24, 2.45) is 16.7 Å². The van der Waals surface area contributed by atoms with E-state index < -0.39 is 22.4 Å². The molecule has 0 unspecified atom stereocenters. The molecular formula is C17H22O5. The van der Waals surface area contributed by atoms with E-state index in [1.54, 1.807) is 6.92 Å². The molecule has 4 atom stereocenters. The molecule has 3 aliphatic rings. The van der Waals surface area contributed by atoms with Gasteiger partial charge >= 0.3 is 5.97 Å². The number of esters is 1. The first kappa shape index (κ1) is 15.4. The summed E-state index contributed by atoms with van der Waals surface area (Å²) in [6.07, 6.45) is 1.14. The van der Waals surface area contributed by atoms with Crippen LogP contribution in [0.25, 0.3) is 0 Å². The second kappa shape index (κ2) is 4.28. The van der Waals surface area contributed by atoms with E-state index in [4.69, 9.17) is 4.74 Å². The highest BCUT2D eigenvalue weighted by Gasteiger charge is 2.68. The molecular weight excluding hydrogens is 284 g/mol. The summed E-state index contributed by atoms with van der Waals surface area (Å²) in [6, 6.07) is 0. The summed E-state index contributed by atoms with van der Waals surface area (Å²) in [5, 5.41) is 11.4. The van der Waals surface area contributed by atoms with E-state index in [-0.39, 0.29) is 35.9 Å². The van der Waals surface area contributed by atoms with Gasteiger partial charge < -0.3 is 9.84 Å². The zero-order chi connectivity index (χ0) is 16.5. The number of carbonyl (C=O) groups excluding carboxylic acids is 3. The van der Waals surface area contributed by atoms with Gasteiger partial charge in [0.2, 0.25) is 0 Å². The number of hydrogen-bond donors (Lipinski definition) is 1. The predicted molar refractivity (Wildman–Crippen MR) is 77.9 cm³/mol. The third kappa shape index (κ3) is 1.50. The topological polar surface area (TPSA) is 80.7 Å². The number of methoxy groups -OCH3 is 1. The summed E-state index contributed by atoms with van der Waals surface area (Å²) in [6.45, 7) is 5.55. The average molecular weight is 306 g/mol. The lowest BCUT2D eigenvalue weighted by molar-refractivity contribution is -0.176. The fourth-order valence-electron chi connectivity index (χ4n) is 4.77. The first-order chi connectivity index (χ1) is 10.1. The van der Waals surface area contributed by atoms with Crippen LogP contribution in [-0.4, -0.2) is 35.4 Å². The maximum Gasteiger partial charge on any atom is 0.315 e. The maximum atomic E-state index is 12.5. The molecule has 0 aromatic carbocycles. The molecule has 120 valence electrons. The van der Waals surface area contributed by atoms with Crippen LogP contribution in [-0.2, 0) is 19.1 Å². The van der Waals surface area contributed by atoms with Crippen molar-refractivity contribution >= 4 is 17.5 Å². The third-order valence-electron chi connectivity index (χ3n) is 6.41. The number of Topliss-reactive ketones (excluding diaryl/α,β-unsaturated/α-hetero) is 2. The molecule has 1 fully saturated rings. The van der Waals surface area contributed by atoms with Gasteiger partial charge in [-0.3, -0.25) is 14.4 Å². The summed E-state index contributed by atoms with van der Waals surface area (Å²) in [5.74, 6) is -0.944. The Morgan fingerprint density at radius 2 is 1.82 bits per heavy atom. The number of aliphatic hydroxyl groups is 1. The lowest BCUT2D eigenvalue weighted by Gasteiger charge is -2.55. The van der Waals surface area contributed by atoms with Crippen LogP contribution >= 0.6 is 0 Å². The van der Waals surface area contributed by atoms with Crippen molar-refractivity contribution in [3.8, 4) is 0 Å². The van der Waals surface area contributed by atoms with E-state index >= 15 is 0 Å². The second-order valence-corrected chi connectivity index (χ2v) is 7.49. The van der Waals surface area contributed by atoms with Gasteiger partial charge in [0.1, 0.15) is 11.0 Å². The SMILES string of the molecule is COC(=O)[C@@]1(C)CC(=O)C2=C3[C@@](C)(CC2=O)[C@H](C)CC[C@]31O. The van der Waals surface area contributed by atoms with E-state index in [9.17, 15) is 19.5 Å². The Morgan fingerprint density at radius 3 is 2.41 bits per heavy atom. The molecule has 0 aromatic heterocycles. The summed E-state index contributed by atoms with van der Waals surface area (Å²) in [5.41, 5.74) is -2.71. The number of hydrogen-bond acceptors (Lipinski definition) is 5. The van der Waals surface area contributed by atoms with Crippen LogP contribution in [0.3, 0.4) is 0 Å². The van der Waals surface area contributed by atoms with Crippen LogP contribution in [0.2, 0.25) is 0 Å². The van der Waals surface area contributed by atoms with Crippen LogP contribution in [0.4, 0.5) is 0 Å². The van der Waals surface area contributed by atoms with Gasteiger partial charge in [0.05, 0.1) is 12.7 Å². The molecule has 0 heterocycles. The Labute approximate surface area is 129 Å². The molecule has 0 aromatic rings. The molecule has 1 saturated carbocycles. The normalized spacial score (nSPS) is 44.1. The van der Waals surface area contributed by atoms with Gasteiger partial charge in [0.25, 0.3) is 0 Å². The van der Waals surface area contributed by atoms with Gasteiger partial charge in [0, 0.05) is 18.3 Å². The van der Waals surface area contributed by atoms with Gasteiger partial charge in [0.15, 0.2) is 11.6 Å². The minimum Gasteiger partial charge on any atom is -0.468 e. The van der Waals surface area contributed by atoms with Crippen LogP contribution in [0.1, 0.15) is 46.5 Å². The summed E-state index contributed by atoms with van der Waals surface area (Å²) in [4.78, 5) is 37.3. The van der Waals surface area contributed by atoms with E-state index in [0.29, 0.717) is 18.4 Å². The molecule has 3 aliphatic carbocycles. The molecule has 0 radical (unpaired) electrons. The zero-order valence-electron chi connectivity index (χ0n) is 13.5. The number of ether oxygens (including phenoxy) is 1. The first-order valence-corrected chi connectivity index (χ1v) is 7.74. The third-order valence-corrected chi connectivity index (χ3v) is 6.41. The minimum atomic E-state index is -1.48. The lowest BCUT2D eigenvalue weighted by atomic mass is 9.50. The number of allylic oxidation sites excluding steroid dienone is 1. The minimum absolute atomic E-state index is 0.151. The highest BCUT2D eigenvalue weighted by Crippen LogP contribution is 2.64. The van der Waals surface area contributed by atoms with Crippen LogP contribution in [0, 0.1) is 16.7 Å². The van der Waals surface area contributed by atoms with Gasteiger partial charge in [-0.25, -0.2) is 0 Å². The van der Waals surface area contributed by atoms with Gasteiger partial charge in [-0.1, -0.05) is 13.8 Å². The van der Waals surface area contributed by atoms with E-state index in [0.717, 1.165) is 0 Å². The highest BCUT2D eigenvalue weighted by molar-refractivity contribution is 6.24. The van der Waals surface area contributed by atoms with E-state index in [2.05, 4.69) is 0 Å². The quantitative estimate of drug-likeness (QED) is 0.587. The fourth-order valence-corrected chi connectivity index (χ4v) is 4.77. The average Bonchev–Trinajstić information content (AvgIpc) is 2.74.